The van der Waals surface area contributed by atoms with E-state index in [2.05, 4.69) is 21.2 Å². The molecule has 0 aromatic heterocycles. The molecule has 2 aromatic rings. The van der Waals surface area contributed by atoms with Gasteiger partial charge in [-0.2, -0.15) is 0 Å². The van der Waals surface area contributed by atoms with Crippen LogP contribution >= 0.6 is 27.5 Å². The lowest BCUT2D eigenvalue weighted by atomic mass is 10.1. The van der Waals surface area contributed by atoms with Crippen molar-refractivity contribution in [1.29, 1.82) is 0 Å². The van der Waals surface area contributed by atoms with Crippen LogP contribution in [0.15, 0.2) is 40.9 Å². The van der Waals surface area contributed by atoms with Crippen molar-refractivity contribution >= 4 is 44.8 Å². The zero-order chi connectivity index (χ0) is 15.6. The lowest BCUT2D eigenvalue weighted by Gasteiger charge is -2.08. The van der Waals surface area contributed by atoms with Crippen molar-refractivity contribution in [1.82, 2.24) is 0 Å². The van der Waals surface area contributed by atoms with Gasteiger partial charge < -0.3 is 5.32 Å². The second-order valence-corrected chi connectivity index (χ2v) is 5.60. The first-order valence-electron chi connectivity index (χ1n) is 5.90. The highest BCUT2D eigenvalue weighted by Crippen LogP contribution is 2.25. The van der Waals surface area contributed by atoms with Gasteiger partial charge in [0.15, 0.2) is 0 Å². The molecule has 21 heavy (non-hydrogen) atoms. The zero-order valence-corrected chi connectivity index (χ0v) is 13.2. The predicted octanol–water partition coefficient (Wildman–Crippen LogP) is 4.57. The third-order valence-electron chi connectivity index (χ3n) is 2.84. The number of amides is 1. The van der Waals surface area contributed by atoms with E-state index in [1.54, 1.807) is 12.1 Å². The number of aryl methyl sites for hydroxylation is 1. The van der Waals surface area contributed by atoms with Gasteiger partial charge in [-0.05, 0) is 30.7 Å². The zero-order valence-electron chi connectivity index (χ0n) is 10.9. The molecule has 7 heteroatoms. The summed E-state index contributed by atoms with van der Waals surface area (Å²) in [4.78, 5) is 22.2. The fraction of sp³-hybridized carbons (Fsp3) is 0.0714. The molecule has 0 aliphatic rings. The summed E-state index contributed by atoms with van der Waals surface area (Å²) in [6.45, 7) is 1.93. The second-order valence-electron chi connectivity index (χ2n) is 4.34. The Balaban J connectivity index is 2.24. The van der Waals surface area contributed by atoms with Gasteiger partial charge in [-0.3, -0.25) is 14.9 Å². The van der Waals surface area contributed by atoms with Crippen LogP contribution in [-0.4, -0.2) is 10.8 Å². The van der Waals surface area contributed by atoms with Crippen LogP contribution in [0.4, 0.5) is 11.4 Å². The first kappa shape index (κ1) is 15.5. The van der Waals surface area contributed by atoms with Gasteiger partial charge in [0.1, 0.15) is 0 Å². The standard InChI is InChI=1S/C14H10BrClN2O3/c1-8-2-3-9(6-12(8)15)17-14(19)11-5-4-10(18(20)21)7-13(11)16/h2-7H,1H3,(H,17,19). The van der Waals surface area contributed by atoms with Crippen molar-refractivity contribution in [2.45, 2.75) is 6.92 Å². The molecule has 108 valence electrons. The molecule has 2 aromatic carbocycles. The Morgan fingerprint density at radius 2 is 2.00 bits per heavy atom. The minimum Gasteiger partial charge on any atom is -0.322 e. The number of nitrogens with one attached hydrogen (secondary N) is 1. The van der Waals surface area contributed by atoms with Crippen molar-refractivity contribution in [3.63, 3.8) is 0 Å². The number of benzene rings is 2. The Labute approximate surface area is 134 Å². The van der Waals surface area contributed by atoms with Crippen molar-refractivity contribution in [3.05, 3.63) is 67.1 Å². The topological polar surface area (TPSA) is 72.2 Å². The molecule has 0 aliphatic carbocycles. The molecule has 0 aliphatic heterocycles. The average molecular weight is 370 g/mol. The van der Waals surface area contributed by atoms with Gasteiger partial charge in [-0.1, -0.05) is 33.6 Å². The number of rotatable bonds is 3. The third-order valence-corrected chi connectivity index (χ3v) is 4.00. The molecule has 0 spiro atoms. The third kappa shape index (κ3) is 3.59. The Morgan fingerprint density at radius 3 is 2.57 bits per heavy atom. The van der Waals surface area contributed by atoms with Crippen LogP contribution < -0.4 is 5.32 Å². The van der Waals surface area contributed by atoms with E-state index >= 15 is 0 Å². The van der Waals surface area contributed by atoms with Crippen molar-refractivity contribution in [2.24, 2.45) is 0 Å². The van der Waals surface area contributed by atoms with E-state index < -0.39 is 10.8 Å². The Hall–Kier alpha value is -1.92. The minimum atomic E-state index is -0.565. The molecule has 0 fully saturated rings. The summed E-state index contributed by atoms with van der Waals surface area (Å²) in [6, 6.07) is 9.12. The molecule has 0 saturated heterocycles. The summed E-state index contributed by atoms with van der Waals surface area (Å²) < 4.78 is 0.870. The number of nitro groups is 1. The Kier molecular flexibility index (Phi) is 4.59. The average Bonchev–Trinajstić information content (AvgIpc) is 2.42. The lowest BCUT2D eigenvalue weighted by Crippen LogP contribution is -2.12. The highest BCUT2D eigenvalue weighted by Gasteiger charge is 2.15. The highest BCUT2D eigenvalue weighted by molar-refractivity contribution is 9.10. The van der Waals surface area contributed by atoms with E-state index in [0.29, 0.717) is 5.69 Å². The molecular weight excluding hydrogens is 360 g/mol. The molecule has 1 amide bonds. The highest BCUT2D eigenvalue weighted by atomic mass is 79.9. The van der Waals surface area contributed by atoms with Crippen LogP contribution in [-0.2, 0) is 0 Å². The molecule has 0 atom stereocenters. The Morgan fingerprint density at radius 1 is 1.29 bits per heavy atom. The number of hydrogen-bond donors (Lipinski definition) is 1. The summed E-state index contributed by atoms with van der Waals surface area (Å²) in [5, 5.41) is 13.4. The largest absolute Gasteiger partial charge is 0.322 e. The SMILES string of the molecule is Cc1ccc(NC(=O)c2ccc([N+](=O)[O-])cc2Cl)cc1Br. The summed E-state index contributed by atoms with van der Waals surface area (Å²) in [6.07, 6.45) is 0. The summed E-state index contributed by atoms with van der Waals surface area (Å²) in [7, 11) is 0. The van der Waals surface area contributed by atoms with Crippen LogP contribution in [0.1, 0.15) is 15.9 Å². The van der Waals surface area contributed by atoms with E-state index in [-0.39, 0.29) is 16.3 Å². The van der Waals surface area contributed by atoms with Gasteiger partial charge in [0.25, 0.3) is 11.6 Å². The fourth-order valence-electron chi connectivity index (χ4n) is 1.67. The Bertz CT molecular complexity index is 734. The minimum absolute atomic E-state index is 0.0351. The molecule has 0 heterocycles. The monoisotopic (exact) mass is 368 g/mol. The van der Waals surface area contributed by atoms with Crippen LogP contribution in [0.25, 0.3) is 0 Å². The van der Waals surface area contributed by atoms with Gasteiger partial charge in [0, 0.05) is 22.3 Å². The number of carbonyl (C=O) groups is 1. The smallest absolute Gasteiger partial charge is 0.270 e. The summed E-state index contributed by atoms with van der Waals surface area (Å²) in [5.41, 5.74) is 1.67. The van der Waals surface area contributed by atoms with Crippen LogP contribution in [0.5, 0.6) is 0 Å². The van der Waals surface area contributed by atoms with E-state index in [0.717, 1.165) is 16.1 Å². The predicted molar refractivity (Wildman–Crippen MR) is 84.9 cm³/mol. The number of non-ortho nitro benzene ring substituents is 1. The molecule has 0 bridgehead atoms. The van der Waals surface area contributed by atoms with Gasteiger partial charge in [0.05, 0.1) is 15.5 Å². The maximum atomic E-state index is 12.1. The number of nitro benzene ring substituents is 1. The molecule has 2 rings (SSSR count). The van der Waals surface area contributed by atoms with E-state index in [4.69, 9.17) is 11.6 Å². The number of carbonyl (C=O) groups excluding carboxylic acids is 1. The van der Waals surface area contributed by atoms with Gasteiger partial charge in [-0.15, -0.1) is 0 Å². The number of halogens is 2. The number of nitrogens with zero attached hydrogens (tertiary/aromatic N) is 1. The van der Waals surface area contributed by atoms with E-state index in [1.807, 2.05) is 13.0 Å². The van der Waals surface area contributed by atoms with E-state index in [9.17, 15) is 14.9 Å². The normalized spacial score (nSPS) is 10.2. The maximum Gasteiger partial charge on any atom is 0.270 e. The van der Waals surface area contributed by atoms with Crippen molar-refractivity contribution in [3.8, 4) is 0 Å². The fourth-order valence-corrected chi connectivity index (χ4v) is 2.31. The van der Waals surface area contributed by atoms with Gasteiger partial charge >= 0.3 is 0 Å². The van der Waals surface area contributed by atoms with Gasteiger partial charge in [0.2, 0.25) is 0 Å². The molecule has 0 radical (unpaired) electrons. The number of hydrogen-bond acceptors (Lipinski definition) is 3. The summed E-state index contributed by atoms with van der Waals surface area (Å²) >= 11 is 9.30. The van der Waals surface area contributed by atoms with Crippen LogP contribution in [0.3, 0.4) is 0 Å². The first-order chi connectivity index (χ1) is 9.88. The quantitative estimate of drug-likeness (QED) is 0.636. The summed E-state index contributed by atoms with van der Waals surface area (Å²) in [5.74, 6) is -0.425. The van der Waals surface area contributed by atoms with Crippen LogP contribution in [0, 0.1) is 17.0 Å². The molecule has 5 nitrogen and oxygen atoms in total. The lowest BCUT2D eigenvalue weighted by molar-refractivity contribution is -0.384. The molecule has 0 unspecified atom stereocenters. The second kappa shape index (κ2) is 6.24. The molecule has 1 N–H and O–H groups in total. The van der Waals surface area contributed by atoms with Crippen LogP contribution in [0.2, 0.25) is 5.02 Å². The maximum absolute atomic E-state index is 12.1. The molecule has 0 saturated carbocycles. The van der Waals surface area contributed by atoms with Crippen molar-refractivity contribution in [2.75, 3.05) is 5.32 Å². The van der Waals surface area contributed by atoms with Gasteiger partial charge in [-0.25, -0.2) is 0 Å². The number of anilines is 1. The first-order valence-corrected chi connectivity index (χ1v) is 7.07. The molecular formula is C14H10BrClN2O3. The van der Waals surface area contributed by atoms with Crippen molar-refractivity contribution < 1.29 is 9.72 Å². The van der Waals surface area contributed by atoms with E-state index in [1.165, 1.54) is 12.1 Å².